The zero-order valence-electron chi connectivity index (χ0n) is 12.5. The number of rotatable bonds is 5. The molecule has 0 bridgehead atoms. The summed E-state index contributed by atoms with van der Waals surface area (Å²) in [4.78, 5) is 2.46. The first-order valence-electron chi connectivity index (χ1n) is 8.00. The molecule has 1 fully saturated rings. The fraction of sp³-hybridized carbons (Fsp3) is 0.647. The largest absolute Gasteiger partial charge is 0.374 e. The van der Waals surface area contributed by atoms with Gasteiger partial charge in [-0.25, -0.2) is 0 Å². The summed E-state index contributed by atoms with van der Waals surface area (Å²) < 4.78 is 5.82. The minimum absolute atomic E-state index is 0.345. The van der Waals surface area contributed by atoms with Gasteiger partial charge in [0.05, 0.1) is 12.7 Å². The van der Waals surface area contributed by atoms with Crippen molar-refractivity contribution in [2.24, 2.45) is 0 Å². The molecule has 1 heterocycles. The average molecular weight is 274 g/mol. The Bertz CT molecular complexity index is 447. The summed E-state index contributed by atoms with van der Waals surface area (Å²) in [5.74, 6) is 0. The van der Waals surface area contributed by atoms with E-state index in [1.807, 2.05) is 0 Å². The quantitative estimate of drug-likeness (QED) is 0.888. The van der Waals surface area contributed by atoms with Crippen LogP contribution in [0, 0.1) is 0 Å². The van der Waals surface area contributed by atoms with Crippen LogP contribution in [0.5, 0.6) is 0 Å². The number of likely N-dealkylation sites (N-methyl/N-ethyl adjacent to an activating group) is 1. The number of hydrogen-bond donors (Lipinski definition) is 1. The fourth-order valence-corrected chi connectivity index (χ4v) is 3.30. The molecule has 110 valence electrons. The van der Waals surface area contributed by atoms with Crippen LogP contribution in [0.2, 0.25) is 0 Å². The summed E-state index contributed by atoms with van der Waals surface area (Å²) in [5, 5.41) is 3.56. The molecule has 0 saturated carbocycles. The highest BCUT2D eigenvalue weighted by Gasteiger charge is 2.18. The first kappa shape index (κ1) is 14.1. The lowest BCUT2D eigenvalue weighted by molar-refractivity contribution is -0.0253. The molecule has 1 aliphatic carbocycles. The molecule has 1 saturated heterocycles. The lowest BCUT2D eigenvalue weighted by atomic mass is 10.1. The topological polar surface area (TPSA) is 24.5 Å². The molecule has 1 unspecified atom stereocenters. The van der Waals surface area contributed by atoms with E-state index in [-0.39, 0.29) is 0 Å². The monoisotopic (exact) mass is 274 g/mol. The molecule has 1 atom stereocenters. The zero-order chi connectivity index (χ0) is 13.8. The van der Waals surface area contributed by atoms with Gasteiger partial charge in [-0.05, 0) is 42.5 Å². The van der Waals surface area contributed by atoms with Gasteiger partial charge in [0.1, 0.15) is 0 Å². The van der Waals surface area contributed by atoms with Crippen LogP contribution in [-0.4, -0.2) is 43.8 Å². The van der Waals surface area contributed by atoms with Crippen molar-refractivity contribution in [3.8, 4) is 0 Å². The second-order valence-corrected chi connectivity index (χ2v) is 5.97. The Morgan fingerprint density at radius 1 is 1.30 bits per heavy atom. The minimum atomic E-state index is 0.345. The molecular weight excluding hydrogens is 248 g/mol. The van der Waals surface area contributed by atoms with Gasteiger partial charge in [-0.2, -0.15) is 0 Å². The maximum absolute atomic E-state index is 5.82. The Labute approximate surface area is 122 Å². The van der Waals surface area contributed by atoms with Crippen LogP contribution in [0.4, 0.5) is 0 Å². The molecule has 1 aromatic rings. The first-order valence-corrected chi connectivity index (χ1v) is 8.00. The molecule has 20 heavy (non-hydrogen) atoms. The number of fused-ring (bicyclic) bond motifs is 1. The number of nitrogens with zero attached hydrogens (tertiary/aromatic N) is 1. The summed E-state index contributed by atoms with van der Waals surface area (Å²) in [6.07, 6.45) is 4.21. The van der Waals surface area contributed by atoms with Gasteiger partial charge >= 0.3 is 0 Å². The van der Waals surface area contributed by atoms with Gasteiger partial charge in [-0.1, -0.05) is 25.1 Å². The fourth-order valence-electron chi connectivity index (χ4n) is 3.30. The number of hydrogen-bond acceptors (Lipinski definition) is 3. The number of nitrogens with one attached hydrogen (secondary N) is 1. The normalized spacial score (nSPS) is 22.9. The van der Waals surface area contributed by atoms with E-state index in [2.05, 4.69) is 35.3 Å². The SMILES string of the molecule is CCN1CCOC(CNCc2ccc3c(c2)CCC3)C1. The predicted octanol–water partition coefficient (Wildman–Crippen LogP) is 1.99. The molecule has 3 rings (SSSR count). The van der Waals surface area contributed by atoms with Crippen molar-refractivity contribution in [3.63, 3.8) is 0 Å². The van der Waals surface area contributed by atoms with E-state index in [1.165, 1.54) is 24.8 Å². The Morgan fingerprint density at radius 3 is 3.10 bits per heavy atom. The van der Waals surface area contributed by atoms with Crippen molar-refractivity contribution in [3.05, 3.63) is 34.9 Å². The van der Waals surface area contributed by atoms with Crippen molar-refractivity contribution in [1.29, 1.82) is 0 Å². The van der Waals surface area contributed by atoms with Crippen LogP contribution in [-0.2, 0) is 24.1 Å². The Morgan fingerprint density at radius 2 is 2.20 bits per heavy atom. The van der Waals surface area contributed by atoms with Crippen LogP contribution in [0.15, 0.2) is 18.2 Å². The van der Waals surface area contributed by atoms with Crippen molar-refractivity contribution in [1.82, 2.24) is 10.2 Å². The maximum Gasteiger partial charge on any atom is 0.0826 e. The third kappa shape index (κ3) is 3.40. The standard InChI is InChI=1S/C17H26N2O/c1-2-19-8-9-20-17(13-19)12-18-11-14-6-7-15-4-3-5-16(15)10-14/h6-7,10,17-18H,2-5,8-9,11-13H2,1H3. The number of benzene rings is 1. The minimum Gasteiger partial charge on any atom is -0.374 e. The van der Waals surface area contributed by atoms with Gasteiger partial charge in [-0.15, -0.1) is 0 Å². The molecule has 0 aromatic heterocycles. The van der Waals surface area contributed by atoms with Gasteiger partial charge in [0, 0.05) is 26.2 Å². The molecule has 2 aliphatic rings. The van der Waals surface area contributed by atoms with Crippen LogP contribution in [0.3, 0.4) is 0 Å². The molecule has 0 spiro atoms. The van der Waals surface area contributed by atoms with Crippen molar-refractivity contribution < 1.29 is 4.74 Å². The van der Waals surface area contributed by atoms with E-state index in [0.717, 1.165) is 39.3 Å². The maximum atomic E-state index is 5.82. The number of morpholine rings is 1. The highest BCUT2D eigenvalue weighted by Crippen LogP contribution is 2.22. The van der Waals surface area contributed by atoms with Crippen LogP contribution in [0.25, 0.3) is 0 Å². The van der Waals surface area contributed by atoms with E-state index < -0.39 is 0 Å². The second kappa shape index (κ2) is 6.70. The molecule has 1 aliphatic heterocycles. The van der Waals surface area contributed by atoms with Crippen LogP contribution < -0.4 is 5.32 Å². The third-order valence-electron chi connectivity index (χ3n) is 4.53. The highest BCUT2D eigenvalue weighted by atomic mass is 16.5. The van der Waals surface area contributed by atoms with E-state index in [9.17, 15) is 0 Å². The number of ether oxygens (including phenoxy) is 1. The molecule has 1 N–H and O–H groups in total. The van der Waals surface area contributed by atoms with Crippen molar-refractivity contribution in [2.45, 2.75) is 38.8 Å². The van der Waals surface area contributed by atoms with E-state index >= 15 is 0 Å². The summed E-state index contributed by atoms with van der Waals surface area (Å²) in [6.45, 7) is 8.28. The number of aryl methyl sites for hydroxylation is 2. The summed E-state index contributed by atoms with van der Waals surface area (Å²) in [7, 11) is 0. The molecular formula is C17H26N2O. The molecule has 0 radical (unpaired) electrons. The second-order valence-electron chi connectivity index (χ2n) is 5.97. The van der Waals surface area contributed by atoms with Gasteiger partial charge in [0.25, 0.3) is 0 Å². The van der Waals surface area contributed by atoms with Gasteiger partial charge < -0.3 is 10.1 Å². The smallest absolute Gasteiger partial charge is 0.0826 e. The third-order valence-corrected chi connectivity index (χ3v) is 4.53. The lowest BCUT2D eigenvalue weighted by Crippen LogP contribution is -2.46. The first-order chi connectivity index (χ1) is 9.85. The van der Waals surface area contributed by atoms with E-state index in [1.54, 1.807) is 11.1 Å². The lowest BCUT2D eigenvalue weighted by Gasteiger charge is -2.32. The summed E-state index contributed by atoms with van der Waals surface area (Å²) in [6, 6.07) is 6.97. The summed E-state index contributed by atoms with van der Waals surface area (Å²) >= 11 is 0. The highest BCUT2D eigenvalue weighted by molar-refractivity contribution is 5.35. The van der Waals surface area contributed by atoms with E-state index in [0.29, 0.717) is 6.10 Å². The Kier molecular flexibility index (Phi) is 4.71. The van der Waals surface area contributed by atoms with Gasteiger partial charge in [-0.3, -0.25) is 4.90 Å². The predicted molar refractivity (Wildman–Crippen MR) is 82.0 cm³/mol. The Hall–Kier alpha value is -0.900. The zero-order valence-corrected chi connectivity index (χ0v) is 12.5. The molecule has 0 amide bonds. The molecule has 3 nitrogen and oxygen atoms in total. The van der Waals surface area contributed by atoms with Gasteiger partial charge in [0.2, 0.25) is 0 Å². The van der Waals surface area contributed by atoms with Gasteiger partial charge in [0.15, 0.2) is 0 Å². The molecule has 3 heteroatoms. The van der Waals surface area contributed by atoms with Crippen LogP contribution >= 0.6 is 0 Å². The van der Waals surface area contributed by atoms with Crippen molar-refractivity contribution in [2.75, 3.05) is 32.8 Å². The average Bonchev–Trinajstić information content (AvgIpc) is 2.95. The van der Waals surface area contributed by atoms with Crippen molar-refractivity contribution >= 4 is 0 Å². The molecule has 1 aromatic carbocycles. The van der Waals surface area contributed by atoms with Crippen LogP contribution in [0.1, 0.15) is 30.0 Å². The Balaban J connectivity index is 1.45. The van der Waals surface area contributed by atoms with E-state index in [4.69, 9.17) is 4.74 Å². The summed E-state index contributed by atoms with van der Waals surface area (Å²) in [5.41, 5.74) is 4.53.